The van der Waals surface area contributed by atoms with Crippen molar-refractivity contribution in [2.45, 2.75) is 65.1 Å². The molecule has 38 heavy (non-hydrogen) atoms. The van der Waals surface area contributed by atoms with Crippen LogP contribution in [-0.2, 0) is 27.0 Å². The summed E-state index contributed by atoms with van der Waals surface area (Å²) < 4.78 is 39.3. The van der Waals surface area contributed by atoms with Crippen LogP contribution in [0.4, 0.5) is 13.2 Å². The molecule has 1 heterocycles. The number of phenolic OH excluding ortho intramolecular Hbond substituents is 1. The summed E-state index contributed by atoms with van der Waals surface area (Å²) in [6.45, 7) is 10.3. The van der Waals surface area contributed by atoms with E-state index in [-0.39, 0.29) is 24.4 Å². The van der Waals surface area contributed by atoms with Crippen molar-refractivity contribution in [2.24, 2.45) is 4.99 Å². The number of phenols is 1. The Labute approximate surface area is 220 Å². The fourth-order valence-electron chi connectivity index (χ4n) is 4.15. The number of ketones is 1. The first-order valence-electron chi connectivity index (χ1n) is 12.1. The van der Waals surface area contributed by atoms with Crippen molar-refractivity contribution >= 4 is 23.6 Å². The monoisotopic (exact) mass is 531 g/mol. The van der Waals surface area contributed by atoms with Gasteiger partial charge < -0.3 is 10.0 Å². The average molecular weight is 532 g/mol. The molecule has 0 saturated carbocycles. The summed E-state index contributed by atoms with van der Waals surface area (Å²) in [6.07, 6.45) is -5.24. The van der Waals surface area contributed by atoms with Crippen molar-refractivity contribution < 1.29 is 32.7 Å². The van der Waals surface area contributed by atoms with E-state index in [0.29, 0.717) is 16.7 Å². The summed E-state index contributed by atoms with van der Waals surface area (Å²) in [5.74, 6) is -4.06. The molecule has 2 amide bonds. The number of aromatic hydroxyl groups is 1. The maximum atomic E-state index is 13.5. The number of Topliss-reactive ketones (excluding diaryl/α,β-unsaturated/α-hetero) is 1. The normalized spacial score (nSPS) is 15.9. The Morgan fingerprint density at radius 2 is 1.47 bits per heavy atom. The van der Waals surface area contributed by atoms with Crippen LogP contribution >= 0.6 is 0 Å². The Morgan fingerprint density at radius 3 is 1.95 bits per heavy atom. The summed E-state index contributed by atoms with van der Waals surface area (Å²) in [4.78, 5) is 43.4. The Hall–Kier alpha value is -3.69. The standard InChI is InChI=1S/C28H32F3N3O4/c1-26(2,3)19-12-18(13-20(23(19)37)27(4,5)6)21(35)15-34-22(36)16-33(14-17-10-8-7-9-11-17)25(34)32-24(38)28(29,30)31/h7-13,37H,14-16H2,1-6H3/b32-25-. The number of aliphatic imine (C=N–C) groups is 1. The summed E-state index contributed by atoms with van der Waals surface area (Å²) >= 11 is 0. The van der Waals surface area contributed by atoms with Gasteiger partial charge >= 0.3 is 12.1 Å². The molecule has 0 aliphatic carbocycles. The summed E-state index contributed by atoms with van der Waals surface area (Å²) in [5, 5.41) is 10.9. The van der Waals surface area contributed by atoms with Gasteiger partial charge in [-0.3, -0.25) is 19.3 Å². The molecule has 0 aromatic heterocycles. The smallest absolute Gasteiger partial charge is 0.473 e. The third-order valence-electron chi connectivity index (χ3n) is 6.16. The predicted octanol–water partition coefficient (Wildman–Crippen LogP) is 4.96. The number of nitrogens with zero attached hydrogens (tertiary/aromatic N) is 3. The number of carbonyl (C=O) groups excluding carboxylic acids is 3. The molecular weight excluding hydrogens is 499 g/mol. The molecule has 1 saturated heterocycles. The maximum absolute atomic E-state index is 13.5. The quantitative estimate of drug-likeness (QED) is 0.551. The lowest BCUT2D eigenvalue weighted by Gasteiger charge is -2.28. The molecule has 2 aromatic rings. The summed E-state index contributed by atoms with van der Waals surface area (Å²) in [5.41, 5.74) is 0.863. The van der Waals surface area contributed by atoms with E-state index in [1.54, 1.807) is 30.3 Å². The van der Waals surface area contributed by atoms with E-state index in [0.717, 1.165) is 4.90 Å². The Balaban J connectivity index is 2.03. The fraction of sp³-hybridized carbons (Fsp3) is 0.429. The first kappa shape index (κ1) is 28.9. The highest BCUT2D eigenvalue weighted by atomic mass is 19.4. The van der Waals surface area contributed by atoms with Crippen LogP contribution in [0.1, 0.15) is 68.6 Å². The molecule has 3 rings (SSSR count). The number of alkyl halides is 3. The second kappa shape index (κ2) is 10.2. The molecule has 0 spiro atoms. The fourth-order valence-corrected chi connectivity index (χ4v) is 4.15. The Morgan fingerprint density at radius 1 is 0.947 bits per heavy atom. The van der Waals surface area contributed by atoms with Crippen molar-refractivity contribution in [2.75, 3.05) is 13.1 Å². The number of guanidine groups is 1. The molecule has 10 heteroatoms. The highest BCUT2D eigenvalue weighted by molar-refractivity contribution is 6.12. The molecule has 1 N–H and O–H groups in total. The molecule has 0 bridgehead atoms. The highest BCUT2D eigenvalue weighted by Gasteiger charge is 2.43. The molecule has 2 aromatic carbocycles. The largest absolute Gasteiger partial charge is 0.507 e. The number of halogens is 3. The van der Waals surface area contributed by atoms with Crippen LogP contribution in [0.15, 0.2) is 47.5 Å². The second-order valence-electron chi connectivity index (χ2n) is 11.4. The van der Waals surface area contributed by atoms with E-state index in [9.17, 15) is 32.7 Å². The van der Waals surface area contributed by atoms with Crippen molar-refractivity contribution in [1.82, 2.24) is 9.80 Å². The van der Waals surface area contributed by atoms with Gasteiger partial charge in [0.15, 0.2) is 5.78 Å². The van der Waals surface area contributed by atoms with Crippen molar-refractivity contribution in [3.63, 3.8) is 0 Å². The number of benzene rings is 2. The zero-order chi connectivity index (χ0) is 28.6. The van der Waals surface area contributed by atoms with Gasteiger partial charge in [0.2, 0.25) is 11.9 Å². The number of hydrogen-bond donors (Lipinski definition) is 1. The van der Waals surface area contributed by atoms with Crippen molar-refractivity contribution in [1.29, 1.82) is 0 Å². The van der Waals surface area contributed by atoms with E-state index in [4.69, 9.17) is 0 Å². The maximum Gasteiger partial charge on any atom is 0.473 e. The molecule has 0 atom stereocenters. The third-order valence-corrected chi connectivity index (χ3v) is 6.16. The van der Waals surface area contributed by atoms with Gasteiger partial charge in [-0.05, 0) is 28.5 Å². The number of carbonyl (C=O) groups is 3. The summed E-state index contributed by atoms with van der Waals surface area (Å²) in [7, 11) is 0. The lowest BCUT2D eigenvalue weighted by molar-refractivity contribution is -0.169. The van der Waals surface area contributed by atoms with Crippen LogP contribution < -0.4 is 0 Å². The molecule has 7 nitrogen and oxygen atoms in total. The lowest BCUT2D eigenvalue weighted by atomic mass is 9.78. The van der Waals surface area contributed by atoms with Crippen LogP contribution in [0.2, 0.25) is 0 Å². The Bertz CT molecular complexity index is 1240. The topological polar surface area (TPSA) is 90.3 Å². The first-order chi connectivity index (χ1) is 17.4. The molecule has 0 unspecified atom stereocenters. The van der Waals surface area contributed by atoms with Crippen molar-refractivity contribution in [3.05, 3.63) is 64.7 Å². The lowest BCUT2D eigenvalue weighted by Crippen LogP contribution is -2.40. The van der Waals surface area contributed by atoms with E-state index in [2.05, 4.69) is 4.99 Å². The minimum absolute atomic E-state index is 0.0167. The molecule has 1 aliphatic heterocycles. The van der Waals surface area contributed by atoms with Gasteiger partial charge in [0.25, 0.3) is 0 Å². The van der Waals surface area contributed by atoms with Gasteiger partial charge in [-0.2, -0.15) is 18.2 Å². The number of amides is 2. The minimum atomic E-state index is -5.24. The molecular formula is C28H32F3N3O4. The van der Waals surface area contributed by atoms with Crippen molar-refractivity contribution in [3.8, 4) is 5.75 Å². The number of hydrogen-bond acceptors (Lipinski definition) is 4. The van der Waals surface area contributed by atoms with E-state index >= 15 is 0 Å². The molecule has 1 fully saturated rings. The first-order valence-corrected chi connectivity index (χ1v) is 12.1. The van der Waals surface area contributed by atoms with Crippen LogP contribution in [0, 0.1) is 0 Å². The molecule has 204 valence electrons. The minimum Gasteiger partial charge on any atom is -0.507 e. The van der Waals surface area contributed by atoms with E-state index in [1.165, 1.54) is 17.0 Å². The molecule has 1 aliphatic rings. The van der Waals surface area contributed by atoms with Gasteiger partial charge in [-0.15, -0.1) is 0 Å². The Kier molecular flexibility index (Phi) is 7.77. The SMILES string of the molecule is CC(C)(C)c1cc(C(=O)CN2C(=O)CN(Cc3ccccc3)/C2=N/C(=O)C(F)(F)F)cc(C(C)(C)C)c1O. The molecule has 0 radical (unpaired) electrons. The van der Waals surface area contributed by atoms with Crippen LogP contribution in [0.25, 0.3) is 0 Å². The van der Waals surface area contributed by atoms with E-state index < -0.39 is 47.1 Å². The predicted molar refractivity (Wildman–Crippen MR) is 137 cm³/mol. The summed E-state index contributed by atoms with van der Waals surface area (Å²) in [6, 6.07) is 11.7. The van der Waals surface area contributed by atoms with Crippen LogP contribution in [-0.4, -0.2) is 57.7 Å². The van der Waals surface area contributed by atoms with Gasteiger partial charge in [0.1, 0.15) is 12.3 Å². The van der Waals surface area contributed by atoms with Gasteiger partial charge in [0.05, 0.1) is 6.54 Å². The van der Waals surface area contributed by atoms with Crippen LogP contribution in [0.5, 0.6) is 5.75 Å². The zero-order valence-electron chi connectivity index (χ0n) is 22.3. The number of rotatable bonds is 5. The third kappa shape index (κ3) is 6.41. The highest BCUT2D eigenvalue weighted by Crippen LogP contribution is 2.40. The average Bonchev–Trinajstić information content (AvgIpc) is 3.06. The van der Waals surface area contributed by atoms with Gasteiger partial charge in [0, 0.05) is 23.2 Å². The second-order valence-corrected chi connectivity index (χ2v) is 11.4. The zero-order valence-corrected chi connectivity index (χ0v) is 22.3. The van der Waals surface area contributed by atoms with Gasteiger partial charge in [-0.25, -0.2) is 0 Å². The van der Waals surface area contributed by atoms with E-state index in [1.807, 2.05) is 41.5 Å². The van der Waals surface area contributed by atoms with Crippen LogP contribution in [0.3, 0.4) is 0 Å². The van der Waals surface area contributed by atoms with Gasteiger partial charge in [-0.1, -0.05) is 71.9 Å².